The van der Waals surface area contributed by atoms with Gasteiger partial charge < -0.3 is 15.2 Å². The van der Waals surface area contributed by atoms with Crippen molar-refractivity contribution in [1.82, 2.24) is 10.6 Å². The molecule has 1 unspecified atom stereocenters. The molecule has 0 aromatic rings. The normalized spacial score (nSPS) is 13.9. The molecule has 0 radical (unpaired) electrons. The van der Waals surface area contributed by atoms with Crippen molar-refractivity contribution < 1.29 is 14.6 Å². The molecule has 0 rings (SSSR count). The second-order valence-corrected chi connectivity index (χ2v) is 3.64. The summed E-state index contributed by atoms with van der Waals surface area (Å²) in [4.78, 5) is 10.7. The fourth-order valence-electron chi connectivity index (χ4n) is 0.645. The van der Waals surface area contributed by atoms with E-state index in [9.17, 15) is 9.90 Å². The van der Waals surface area contributed by atoms with Crippen molar-refractivity contribution in [3.8, 4) is 0 Å². The largest absolute Gasteiger partial charge is 0.358 e. The number of hydrogen-bond acceptors (Lipinski definition) is 4. The Hall–Kier alpha value is -0.650. The zero-order valence-electron chi connectivity index (χ0n) is 8.55. The van der Waals surface area contributed by atoms with Crippen molar-refractivity contribution in [2.45, 2.75) is 32.8 Å². The van der Waals surface area contributed by atoms with E-state index in [2.05, 4.69) is 10.6 Å². The number of nitrogens with one attached hydrogen (secondary N) is 2. The number of carbonyl (C=O) groups is 1. The smallest absolute Gasteiger partial charge is 0.233 e. The molecular formula is C8H18N2O3. The number of ether oxygens (including phenoxy) is 1. The van der Waals surface area contributed by atoms with Crippen LogP contribution < -0.4 is 10.6 Å². The fraction of sp³-hybridized carbons (Fsp3) is 0.875. The van der Waals surface area contributed by atoms with Crippen LogP contribution in [0, 0.1) is 0 Å². The average Bonchev–Trinajstić information content (AvgIpc) is 1.97. The lowest BCUT2D eigenvalue weighted by atomic mass is 10.2. The minimum atomic E-state index is -1.11. The van der Waals surface area contributed by atoms with Gasteiger partial charge in [0, 0.05) is 7.05 Å². The highest BCUT2D eigenvalue weighted by molar-refractivity contribution is 5.77. The Bertz CT molecular complexity index is 165. The van der Waals surface area contributed by atoms with Gasteiger partial charge in [-0.2, -0.15) is 0 Å². The summed E-state index contributed by atoms with van der Waals surface area (Å²) in [6.07, 6.45) is -1.11. The third kappa shape index (κ3) is 7.70. The minimum Gasteiger partial charge on any atom is -0.358 e. The van der Waals surface area contributed by atoms with E-state index in [4.69, 9.17) is 4.74 Å². The summed E-state index contributed by atoms with van der Waals surface area (Å²) >= 11 is 0. The van der Waals surface area contributed by atoms with Gasteiger partial charge in [0.15, 0.2) is 0 Å². The molecule has 0 saturated carbocycles. The highest BCUT2D eigenvalue weighted by atomic mass is 16.6. The molecule has 0 bridgehead atoms. The summed E-state index contributed by atoms with van der Waals surface area (Å²) in [7, 11) is 1.53. The molecule has 0 aliphatic heterocycles. The Balaban J connectivity index is 3.63. The van der Waals surface area contributed by atoms with Crippen LogP contribution in [0.4, 0.5) is 0 Å². The number of likely N-dealkylation sites (N-methyl/N-ethyl adjacent to an activating group) is 1. The van der Waals surface area contributed by atoms with E-state index >= 15 is 0 Å². The monoisotopic (exact) mass is 190 g/mol. The molecule has 5 nitrogen and oxygen atoms in total. The Morgan fingerprint density at radius 3 is 2.46 bits per heavy atom. The molecule has 0 aromatic heterocycles. The van der Waals surface area contributed by atoms with Crippen LogP contribution in [0.15, 0.2) is 0 Å². The number of aliphatic hydroxyl groups is 1. The number of aliphatic hydroxyl groups excluding tert-OH is 1. The van der Waals surface area contributed by atoms with Crippen molar-refractivity contribution in [2.75, 3.05) is 13.6 Å². The molecule has 5 heteroatoms. The molecule has 1 amide bonds. The third-order valence-corrected chi connectivity index (χ3v) is 1.18. The van der Waals surface area contributed by atoms with Crippen LogP contribution in [0.3, 0.4) is 0 Å². The van der Waals surface area contributed by atoms with E-state index in [1.807, 2.05) is 20.8 Å². The molecule has 0 aliphatic carbocycles. The maximum Gasteiger partial charge on any atom is 0.233 e. The van der Waals surface area contributed by atoms with Crippen LogP contribution in [0.5, 0.6) is 0 Å². The van der Waals surface area contributed by atoms with E-state index in [0.29, 0.717) is 0 Å². The van der Waals surface area contributed by atoms with Gasteiger partial charge in [-0.15, -0.1) is 0 Å². The first kappa shape index (κ1) is 12.3. The van der Waals surface area contributed by atoms with Crippen LogP contribution in [-0.2, 0) is 9.53 Å². The van der Waals surface area contributed by atoms with Crippen molar-refractivity contribution in [3.05, 3.63) is 0 Å². The quantitative estimate of drug-likeness (QED) is 0.518. The predicted octanol–water partition coefficient (Wildman–Crippen LogP) is -0.587. The highest BCUT2D eigenvalue weighted by Gasteiger charge is 2.16. The predicted molar refractivity (Wildman–Crippen MR) is 48.9 cm³/mol. The van der Waals surface area contributed by atoms with Crippen molar-refractivity contribution >= 4 is 5.91 Å². The van der Waals surface area contributed by atoms with Gasteiger partial charge in [-0.05, 0) is 20.8 Å². The molecule has 78 valence electrons. The Morgan fingerprint density at radius 2 is 2.08 bits per heavy atom. The van der Waals surface area contributed by atoms with Gasteiger partial charge in [-0.1, -0.05) is 0 Å². The summed E-state index contributed by atoms with van der Waals surface area (Å²) < 4.78 is 5.10. The lowest BCUT2D eigenvalue weighted by Gasteiger charge is -2.24. The Labute approximate surface area is 78.5 Å². The summed E-state index contributed by atoms with van der Waals surface area (Å²) in [5.41, 5.74) is -0.435. The SMILES string of the molecule is CNC(=O)CNC(O)OC(C)(C)C. The van der Waals surface area contributed by atoms with E-state index in [1.165, 1.54) is 7.05 Å². The first-order valence-corrected chi connectivity index (χ1v) is 4.15. The maximum absolute atomic E-state index is 10.7. The molecule has 0 saturated heterocycles. The van der Waals surface area contributed by atoms with Gasteiger partial charge in [-0.3, -0.25) is 10.1 Å². The molecule has 0 spiro atoms. The van der Waals surface area contributed by atoms with Gasteiger partial charge in [0.1, 0.15) is 0 Å². The van der Waals surface area contributed by atoms with Gasteiger partial charge >= 0.3 is 0 Å². The van der Waals surface area contributed by atoms with Crippen LogP contribution in [-0.4, -0.2) is 36.6 Å². The molecule has 0 fully saturated rings. The number of rotatable bonds is 4. The van der Waals surface area contributed by atoms with Gasteiger partial charge in [0.25, 0.3) is 0 Å². The summed E-state index contributed by atoms with van der Waals surface area (Å²) in [5.74, 6) is -0.198. The topological polar surface area (TPSA) is 70.6 Å². The first-order chi connectivity index (χ1) is 5.85. The summed E-state index contributed by atoms with van der Waals surface area (Å²) in [6.45, 7) is 5.49. The standard InChI is InChI=1S/C8H18N2O3/c1-8(2,3)13-7(12)10-5-6(11)9-4/h7,10,12H,5H2,1-4H3,(H,9,11). The van der Waals surface area contributed by atoms with Crippen molar-refractivity contribution in [3.63, 3.8) is 0 Å². The van der Waals surface area contributed by atoms with E-state index < -0.39 is 12.0 Å². The van der Waals surface area contributed by atoms with Crippen LogP contribution >= 0.6 is 0 Å². The van der Waals surface area contributed by atoms with Crippen LogP contribution in [0.2, 0.25) is 0 Å². The Kier molecular flexibility index (Phi) is 4.90. The number of amides is 1. The molecule has 13 heavy (non-hydrogen) atoms. The summed E-state index contributed by atoms with van der Waals surface area (Å²) in [6, 6.07) is 0. The van der Waals surface area contributed by atoms with Crippen LogP contribution in [0.25, 0.3) is 0 Å². The molecular weight excluding hydrogens is 172 g/mol. The fourth-order valence-corrected chi connectivity index (χ4v) is 0.645. The molecule has 3 N–H and O–H groups in total. The molecule has 0 heterocycles. The molecule has 0 aliphatic rings. The molecule has 1 atom stereocenters. The van der Waals surface area contributed by atoms with Crippen molar-refractivity contribution in [2.24, 2.45) is 0 Å². The highest BCUT2D eigenvalue weighted by Crippen LogP contribution is 2.07. The Morgan fingerprint density at radius 1 is 1.54 bits per heavy atom. The van der Waals surface area contributed by atoms with Crippen LogP contribution in [0.1, 0.15) is 20.8 Å². The second-order valence-electron chi connectivity index (χ2n) is 3.64. The van der Waals surface area contributed by atoms with E-state index in [0.717, 1.165) is 0 Å². The maximum atomic E-state index is 10.7. The lowest BCUT2D eigenvalue weighted by Crippen LogP contribution is -2.42. The second kappa shape index (κ2) is 5.16. The number of hydrogen-bond donors (Lipinski definition) is 3. The number of carbonyl (C=O) groups excluding carboxylic acids is 1. The minimum absolute atomic E-state index is 0.0355. The summed E-state index contributed by atoms with van der Waals surface area (Å²) in [5, 5.41) is 14.1. The lowest BCUT2D eigenvalue weighted by molar-refractivity contribution is -0.182. The van der Waals surface area contributed by atoms with Gasteiger partial charge in [0.05, 0.1) is 12.1 Å². The molecule has 0 aromatic carbocycles. The first-order valence-electron chi connectivity index (χ1n) is 4.15. The third-order valence-electron chi connectivity index (χ3n) is 1.18. The van der Waals surface area contributed by atoms with E-state index in [1.54, 1.807) is 0 Å². The zero-order valence-corrected chi connectivity index (χ0v) is 8.55. The zero-order chi connectivity index (χ0) is 10.5. The van der Waals surface area contributed by atoms with Crippen molar-refractivity contribution in [1.29, 1.82) is 0 Å². The van der Waals surface area contributed by atoms with Gasteiger partial charge in [-0.25, -0.2) is 0 Å². The van der Waals surface area contributed by atoms with Gasteiger partial charge in [0.2, 0.25) is 12.3 Å². The van der Waals surface area contributed by atoms with E-state index in [-0.39, 0.29) is 12.5 Å². The average molecular weight is 190 g/mol.